The van der Waals surface area contributed by atoms with Crippen molar-refractivity contribution >= 4 is 22.8 Å². The molecule has 4 aromatic carbocycles. The Kier molecular flexibility index (Phi) is 8.79. The van der Waals surface area contributed by atoms with Crippen molar-refractivity contribution < 1.29 is 28.8 Å². The van der Waals surface area contributed by atoms with Crippen molar-refractivity contribution in [3.8, 4) is 11.5 Å². The largest absolute Gasteiger partial charge is 0.497 e. The molecule has 0 saturated carbocycles. The zero-order valence-corrected chi connectivity index (χ0v) is 26.9. The van der Waals surface area contributed by atoms with Gasteiger partial charge in [0.25, 0.3) is 0 Å². The maximum Gasteiger partial charge on any atom is 0.194 e. The first-order valence-corrected chi connectivity index (χ1v) is 15.8. The number of hydrogen-bond acceptors (Lipinski definition) is 10. The van der Waals surface area contributed by atoms with Gasteiger partial charge in [0.2, 0.25) is 0 Å². The van der Waals surface area contributed by atoms with Crippen molar-refractivity contribution in [2.24, 2.45) is 0 Å². The number of aliphatic hydroxyl groups excluding tert-OH is 1. The van der Waals surface area contributed by atoms with Crippen molar-refractivity contribution in [1.82, 2.24) is 19.5 Å². The standard InChI is InChI=1S/C38H35N5O6/c1-46-28-17-13-26(14-18-28)38(25-11-7-4-8-12-25,27-15-19-29(47-2)20-16-27)49-35(33(45)24-9-5-3-6-10-24)34-30(44)21-31(48-34)43-23-42-32-36(39)40-22-41-37(32)43/h3-20,22-23,30-31,34-35,44H,21H2,1-2H3,(H2,39,40,41)/t30-,31+,34-,35?/m0/s1. The molecular weight excluding hydrogens is 622 g/mol. The predicted molar refractivity (Wildman–Crippen MR) is 182 cm³/mol. The summed E-state index contributed by atoms with van der Waals surface area (Å²) < 4.78 is 26.6. The van der Waals surface area contributed by atoms with Crippen LogP contribution in [0.5, 0.6) is 11.5 Å². The van der Waals surface area contributed by atoms with E-state index in [2.05, 4.69) is 15.0 Å². The van der Waals surface area contributed by atoms with E-state index in [9.17, 15) is 9.90 Å². The molecule has 0 bridgehead atoms. The highest BCUT2D eigenvalue weighted by Gasteiger charge is 2.49. The number of ketones is 1. The second kappa shape index (κ2) is 13.5. The Balaban J connectivity index is 1.40. The first kappa shape index (κ1) is 32.0. The van der Waals surface area contributed by atoms with Gasteiger partial charge in [-0.1, -0.05) is 84.9 Å². The number of carbonyl (C=O) groups is 1. The lowest BCUT2D eigenvalue weighted by Gasteiger charge is -2.40. The quantitative estimate of drug-likeness (QED) is 0.139. The van der Waals surface area contributed by atoms with Crippen molar-refractivity contribution in [1.29, 1.82) is 0 Å². The molecule has 11 nitrogen and oxygen atoms in total. The molecule has 0 radical (unpaired) electrons. The number of methoxy groups -OCH3 is 2. The number of fused-ring (bicyclic) bond motifs is 1. The fourth-order valence-electron chi connectivity index (χ4n) is 6.46. The SMILES string of the molecule is COc1ccc(C(OC(C(=O)c2ccccc2)[C@H]2O[C@@H](n3cnc4c(N)ncnc43)C[C@@H]2O)(c2ccccc2)c2ccc(OC)cc2)cc1. The molecule has 7 rings (SSSR count). The van der Waals surface area contributed by atoms with E-state index in [0.29, 0.717) is 28.2 Å². The van der Waals surface area contributed by atoms with Gasteiger partial charge in [0.15, 0.2) is 23.4 Å². The molecule has 0 spiro atoms. The van der Waals surface area contributed by atoms with Crippen LogP contribution in [0.2, 0.25) is 0 Å². The van der Waals surface area contributed by atoms with Crippen molar-refractivity contribution in [2.45, 2.75) is 36.6 Å². The fourth-order valence-corrected chi connectivity index (χ4v) is 6.46. The van der Waals surface area contributed by atoms with Gasteiger partial charge in [-0.25, -0.2) is 15.0 Å². The Morgan fingerprint density at radius 3 is 2.00 bits per heavy atom. The molecule has 11 heteroatoms. The third-order valence-corrected chi connectivity index (χ3v) is 8.93. The first-order valence-electron chi connectivity index (χ1n) is 15.8. The van der Waals surface area contributed by atoms with Crippen LogP contribution < -0.4 is 15.2 Å². The van der Waals surface area contributed by atoms with Crippen molar-refractivity contribution in [3.63, 3.8) is 0 Å². The number of aromatic nitrogens is 4. The summed E-state index contributed by atoms with van der Waals surface area (Å²) in [6.45, 7) is 0. The van der Waals surface area contributed by atoms with Crippen LogP contribution in [0, 0.1) is 0 Å². The minimum Gasteiger partial charge on any atom is -0.497 e. The Morgan fingerprint density at radius 1 is 0.837 bits per heavy atom. The van der Waals surface area contributed by atoms with E-state index in [1.54, 1.807) is 49.4 Å². The highest BCUT2D eigenvalue weighted by Crippen LogP contribution is 2.45. The molecule has 6 aromatic rings. The zero-order valence-electron chi connectivity index (χ0n) is 26.9. The highest BCUT2D eigenvalue weighted by molar-refractivity contribution is 6.00. The monoisotopic (exact) mass is 657 g/mol. The molecule has 1 aliphatic rings. The van der Waals surface area contributed by atoms with Crippen LogP contribution >= 0.6 is 0 Å². The van der Waals surface area contributed by atoms with Gasteiger partial charge in [0, 0.05) is 12.0 Å². The second-order valence-electron chi connectivity index (χ2n) is 11.7. The molecule has 248 valence electrons. The lowest BCUT2D eigenvalue weighted by molar-refractivity contribution is -0.126. The summed E-state index contributed by atoms with van der Waals surface area (Å²) in [5, 5.41) is 11.7. The lowest BCUT2D eigenvalue weighted by atomic mass is 9.79. The number of hydrogen-bond donors (Lipinski definition) is 2. The summed E-state index contributed by atoms with van der Waals surface area (Å²) in [7, 11) is 3.21. The number of anilines is 1. The van der Waals surface area contributed by atoms with Gasteiger partial charge in [-0.15, -0.1) is 0 Å². The lowest BCUT2D eigenvalue weighted by Crippen LogP contribution is -2.48. The number of nitrogens with two attached hydrogens (primary N) is 1. The van der Waals surface area contributed by atoms with Crippen LogP contribution in [0.3, 0.4) is 0 Å². The normalized spacial score (nSPS) is 18.3. The van der Waals surface area contributed by atoms with Gasteiger partial charge in [0.05, 0.1) is 26.7 Å². The zero-order chi connectivity index (χ0) is 34.0. The first-order chi connectivity index (χ1) is 23.9. The maximum atomic E-state index is 14.7. The van der Waals surface area contributed by atoms with Crippen LogP contribution in [0.1, 0.15) is 39.7 Å². The van der Waals surface area contributed by atoms with E-state index in [1.165, 1.54) is 6.33 Å². The van der Waals surface area contributed by atoms with Crippen LogP contribution in [0.15, 0.2) is 122 Å². The minimum atomic E-state index is -1.36. The molecule has 1 unspecified atom stereocenters. The Morgan fingerprint density at radius 2 is 1.41 bits per heavy atom. The summed E-state index contributed by atoms with van der Waals surface area (Å²) >= 11 is 0. The molecule has 3 heterocycles. The molecule has 1 saturated heterocycles. The number of rotatable bonds is 11. The summed E-state index contributed by atoms with van der Waals surface area (Å²) in [4.78, 5) is 27.5. The van der Waals surface area contributed by atoms with Crippen LogP contribution in [0.25, 0.3) is 11.2 Å². The molecule has 3 N–H and O–H groups in total. The van der Waals surface area contributed by atoms with E-state index in [4.69, 9.17) is 24.7 Å². The average molecular weight is 658 g/mol. The number of nitrogen functional groups attached to an aromatic ring is 1. The van der Waals surface area contributed by atoms with Gasteiger partial charge in [-0.05, 0) is 41.0 Å². The topological polar surface area (TPSA) is 144 Å². The number of Topliss-reactive ketones (excluding diaryl/α,β-unsaturated/α-hetero) is 1. The third kappa shape index (κ3) is 5.88. The van der Waals surface area contributed by atoms with E-state index in [1.807, 2.05) is 84.9 Å². The molecule has 4 atom stereocenters. The van der Waals surface area contributed by atoms with Gasteiger partial charge in [0.1, 0.15) is 41.3 Å². The predicted octanol–water partition coefficient (Wildman–Crippen LogP) is 5.33. The number of imidazole rings is 1. The number of nitrogens with zero attached hydrogens (tertiary/aromatic N) is 4. The van der Waals surface area contributed by atoms with Crippen molar-refractivity contribution in [3.05, 3.63) is 144 Å². The van der Waals surface area contributed by atoms with Crippen LogP contribution in [-0.2, 0) is 15.1 Å². The van der Waals surface area contributed by atoms with E-state index in [0.717, 1.165) is 16.7 Å². The molecule has 2 aromatic heterocycles. The van der Waals surface area contributed by atoms with E-state index in [-0.39, 0.29) is 18.0 Å². The summed E-state index contributed by atoms with van der Waals surface area (Å²) in [6, 6.07) is 33.6. The Hall–Kier alpha value is -5.62. The fraction of sp³-hybridized carbons (Fsp3) is 0.211. The van der Waals surface area contributed by atoms with Gasteiger partial charge >= 0.3 is 0 Å². The van der Waals surface area contributed by atoms with Crippen LogP contribution in [0.4, 0.5) is 5.82 Å². The summed E-state index contributed by atoms with van der Waals surface area (Å²) in [6.07, 6.45) is -1.16. The molecular formula is C38H35N5O6. The van der Waals surface area contributed by atoms with Gasteiger partial charge in [-0.2, -0.15) is 0 Å². The van der Waals surface area contributed by atoms with Crippen molar-refractivity contribution in [2.75, 3.05) is 20.0 Å². The third-order valence-electron chi connectivity index (χ3n) is 8.93. The molecule has 0 amide bonds. The maximum absolute atomic E-state index is 14.7. The molecule has 1 aliphatic heterocycles. The van der Waals surface area contributed by atoms with E-state index >= 15 is 0 Å². The van der Waals surface area contributed by atoms with E-state index < -0.39 is 30.1 Å². The smallest absolute Gasteiger partial charge is 0.194 e. The number of aliphatic hydroxyl groups is 1. The number of ether oxygens (including phenoxy) is 4. The number of carbonyl (C=O) groups excluding carboxylic acids is 1. The summed E-state index contributed by atoms with van der Waals surface area (Å²) in [5.41, 5.74) is 8.18. The molecule has 0 aliphatic carbocycles. The summed E-state index contributed by atoms with van der Waals surface area (Å²) in [5.74, 6) is 1.19. The van der Waals surface area contributed by atoms with Gasteiger partial charge < -0.3 is 29.8 Å². The highest BCUT2D eigenvalue weighted by atomic mass is 16.6. The molecule has 1 fully saturated rings. The minimum absolute atomic E-state index is 0.144. The second-order valence-corrected chi connectivity index (χ2v) is 11.7. The van der Waals surface area contributed by atoms with Gasteiger partial charge in [-0.3, -0.25) is 9.36 Å². The molecule has 49 heavy (non-hydrogen) atoms. The Labute approximate surface area is 282 Å². The Bertz CT molecular complexity index is 1990. The average Bonchev–Trinajstić information content (AvgIpc) is 3.77. The van der Waals surface area contributed by atoms with Crippen LogP contribution in [-0.4, -0.2) is 62.9 Å². The number of benzene rings is 4.